The van der Waals surface area contributed by atoms with E-state index in [1.165, 1.54) is 38.5 Å². The molecule has 6 atom stereocenters. The minimum absolute atomic E-state index is 0. The zero-order valence-electron chi connectivity index (χ0n) is 20.6. The molecule has 6 aliphatic rings. The first kappa shape index (κ1) is 24.2. The van der Waals surface area contributed by atoms with E-state index in [2.05, 4.69) is 43.3 Å². The molecule has 0 spiro atoms. The van der Waals surface area contributed by atoms with Gasteiger partial charge in [-0.25, -0.2) is 4.98 Å². The Morgan fingerprint density at radius 2 is 1.24 bits per heavy atom. The van der Waals surface area contributed by atoms with E-state index in [1.54, 1.807) is 18.2 Å². The van der Waals surface area contributed by atoms with E-state index in [0.717, 1.165) is 11.8 Å². The summed E-state index contributed by atoms with van der Waals surface area (Å²) in [5, 5.41) is 6.20. The summed E-state index contributed by atoms with van der Waals surface area (Å²) >= 11 is 0. The molecule has 0 aromatic carbocycles. The fourth-order valence-electron chi connectivity index (χ4n) is 7.73. The molecule has 33 heavy (non-hydrogen) atoms. The Hall–Kier alpha value is -1.95. The second kappa shape index (κ2) is 8.68. The van der Waals surface area contributed by atoms with Gasteiger partial charge in [0, 0.05) is 13.1 Å². The van der Waals surface area contributed by atoms with Gasteiger partial charge >= 0.3 is 0 Å². The Labute approximate surface area is 198 Å². The molecule has 1 aromatic rings. The van der Waals surface area contributed by atoms with Gasteiger partial charge in [0.15, 0.2) is 0 Å². The van der Waals surface area contributed by atoms with E-state index in [0.29, 0.717) is 59.0 Å². The lowest BCUT2D eigenvalue weighted by Gasteiger charge is -2.60. The molecular weight excluding hydrogens is 414 g/mol. The molecule has 2 amide bonds. The number of nitrogens with one attached hydrogen (secondary N) is 2. The minimum atomic E-state index is -0.173. The first-order valence-electron chi connectivity index (χ1n) is 12.7. The van der Waals surface area contributed by atoms with Gasteiger partial charge in [-0.2, -0.15) is 0 Å². The van der Waals surface area contributed by atoms with E-state index in [-0.39, 0.29) is 17.3 Å². The highest BCUT2D eigenvalue weighted by atomic mass is 16.2. The van der Waals surface area contributed by atoms with Crippen LogP contribution < -0.4 is 10.6 Å². The van der Waals surface area contributed by atoms with Crippen LogP contribution in [0, 0.1) is 46.3 Å². The molecule has 4 bridgehead atoms. The quantitative estimate of drug-likeness (QED) is 0.681. The van der Waals surface area contributed by atoms with Crippen molar-refractivity contribution in [2.75, 3.05) is 13.1 Å². The fraction of sp³-hybridized carbons (Fsp3) is 0.741. The number of fused-ring (bicyclic) bond motifs is 4. The molecule has 1 aromatic heterocycles. The molecule has 6 nitrogen and oxygen atoms in total. The van der Waals surface area contributed by atoms with Crippen LogP contribution in [0.15, 0.2) is 18.2 Å². The normalized spacial score (nSPS) is 34.7. The molecule has 0 saturated heterocycles. The third-order valence-electron chi connectivity index (χ3n) is 10.3. The summed E-state index contributed by atoms with van der Waals surface area (Å²) in [4.78, 5) is 29.9. The Bertz CT molecular complexity index is 838. The van der Waals surface area contributed by atoms with E-state index in [1.807, 2.05) is 0 Å². The molecule has 0 radical (unpaired) electrons. The van der Waals surface area contributed by atoms with E-state index in [4.69, 9.17) is 0 Å². The standard InChI is InChI=1S/C27H39N3O2.H2O/c1-26(2)18-10-8-16(20(26)12-18)14-28-24(31)22-6-5-7-23(30-22)25(32)29-15-17-9-11-19-13-21(17)27(19,3)4;/h5-7,16-21H,8-15H2,1-4H3,(H,28,31)(H,29,32);1H2/t16-,17-,18-,19-,20-,21-;/m0./s1. The average Bonchev–Trinajstić information content (AvgIpc) is 2.80. The zero-order valence-corrected chi connectivity index (χ0v) is 20.6. The summed E-state index contributed by atoms with van der Waals surface area (Å²) in [7, 11) is 0. The molecular formula is C27H41N3O3. The largest absolute Gasteiger partial charge is 0.412 e. The Kier molecular flexibility index (Phi) is 6.36. The third kappa shape index (κ3) is 4.09. The second-order valence-corrected chi connectivity index (χ2v) is 12.2. The molecule has 6 aliphatic carbocycles. The number of nitrogens with zero attached hydrogens (tertiary/aromatic N) is 1. The number of carbonyl (C=O) groups is 2. The van der Waals surface area contributed by atoms with Crippen molar-refractivity contribution >= 4 is 11.8 Å². The maximum Gasteiger partial charge on any atom is 0.269 e. The zero-order chi connectivity index (χ0) is 22.7. The number of rotatable bonds is 6. The molecule has 1 heterocycles. The molecule has 0 unspecified atom stereocenters. The number of pyridine rings is 1. The summed E-state index contributed by atoms with van der Waals surface area (Å²) in [5.74, 6) is 3.91. The molecule has 6 fully saturated rings. The monoisotopic (exact) mass is 455 g/mol. The summed E-state index contributed by atoms with van der Waals surface area (Å²) in [6, 6.07) is 5.17. The van der Waals surface area contributed by atoms with Crippen LogP contribution in [-0.4, -0.2) is 35.4 Å². The molecule has 182 valence electrons. The number of aromatic nitrogens is 1. The van der Waals surface area contributed by atoms with Crippen molar-refractivity contribution in [2.24, 2.45) is 46.3 Å². The van der Waals surface area contributed by atoms with Gasteiger partial charge in [-0.15, -0.1) is 0 Å². The Morgan fingerprint density at radius 3 is 1.61 bits per heavy atom. The Morgan fingerprint density at radius 1 is 0.818 bits per heavy atom. The molecule has 6 saturated carbocycles. The molecule has 7 rings (SSSR count). The average molecular weight is 456 g/mol. The second-order valence-electron chi connectivity index (χ2n) is 12.2. The minimum Gasteiger partial charge on any atom is -0.412 e. The van der Waals surface area contributed by atoms with Crippen molar-refractivity contribution in [1.82, 2.24) is 15.6 Å². The van der Waals surface area contributed by atoms with Gasteiger partial charge in [-0.05, 0) is 97.0 Å². The van der Waals surface area contributed by atoms with Crippen LogP contribution in [0.1, 0.15) is 87.2 Å². The molecule has 6 heteroatoms. The molecule has 4 N–H and O–H groups in total. The van der Waals surface area contributed by atoms with Crippen LogP contribution in [-0.2, 0) is 0 Å². The summed E-state index contributed by atoms with van der Waals surface area (Å²) in [5.41, 5.74) is 1.50. The van der Waals surface area contributed by atoms with Gasteiger partial charge in [-0.1, -0.05) is 33.8 Å². The van der Waals surface area contributed by atoms with Crippen LogP contribution in [0.4, 0.5) is 0 Å². The number of hydrogen-bond donors (Lipinski definition) is 2. The van der Waals surface area contributed by atoms with Crippen LogP contribution in [0.25, 0.3) is 0 Å². The summed E-state index contributed by atoms with van der Waals surface area (Å²) < 4.78 is 0. The third-order valence-corrected chi connectivity index (χ3v) is 10.3. The van der Waals surface area contributed by atoms with Gasteiger partial charge < -0.3 is 16.1 Å². The number of amides is 2. The van der Waals surface area contributed by atoms with Crippen LogP contribution in [0.5, 0.6) is 0 Å². The summed E-state index contributed by atoms with van der Waals surface area (Å²) in [6.07, 6.45) is 7.57. The van der Waals surface area contributed by atoms with Crippen molar-refractivity contribution in [3.63, 3.8) is 0 Å². The van der Waals surface area contributed by atoms with Crippen LogP contribution in [0.3, 0.4) is 0 Å². The highest BCUT2D eigenvalue weighted by Crippen LogP contribution is 2.62. The van der Waals surface area contributed by atoms with E-state index >= 15 is 0 Å². The lowest BCUT2D eigenvalue weighted by Crippen LogP contribution is -2.54. The first-order chi connectivity index (χ1) is 15.2. The highest BCUT2D eigenvalue weighted by Gasteiger charge is 2.54. The maximum atomic E-state index is 12.8. The smallest absolute Gasteiger partial charge is 0.269 e. The fourth-order valence-corrected chi connectivity index (χ4v) is 7.73. The van der Waals surface area contributed by atoms with Gasteiger partial charge in [0.1, 0.15) is 11.4 Å². The highest BCUT2D eigenvalue weighted by molar-refractivity contribution is 5.96. The predicted molar refractivity (Wildman–Crippen MR) is 129 cm³/mol. The molecule has 0 aliphatic heterocycles. The van der Waals surface area contributed by atoms with Crippen molar-refractivity contribution < 1.29 is 15.1 Å². The van der Waals surface area contributed by atoms with Crippen molar-refractivity contribution in [1.29, 1.82) is 0 Å². The van der Waals surface area contributed by atoms with E-state index in [9.17, 15) is 9.59 Å². The first-order valence-corrected chi connectivity index (χ1v) is 12.7. The van der Waals surface area contributed by atoms with E-state index < -0.39 is 0 Å². The lowest BCUT2D eigenvalue weighted by molar-refractivity contribution is -0.103. The van der Waals surface area contributed by atoms with Crippen molar-refractivity contribution in [3.05, 3.63) is 29.6 Å². The van der Waals surface area contributed by atoms with Crippen molar-refractivity contribution in [2.45, 2.75) is 66.2 Å². The van der Waals surface area contributed by atoms with Gasteiger partial charge in [-0.3, -0.25) is 9.59 Å². The van der Waals surface area contributed by atoms with Gasteiger partial charge in [0.2, 0.25) is 0 Å². The topological polar surface area (TPSA) is 103 Å². The van der Waals surface area contributed by atoms with Gasteiger partial charge in [0.05, 0.1) is 0 Å². The van der Waals surface area contributed by atoms with Crippen LogP contribution >= 0.6 is 0 Å². The van der Waals surface area contributed by atoms with Crippen LogP contribution in [0.2, 0.25) is 0 Å². The number of hydrogen-bond acceptors (Lipinski definition) is 3. The predicted octanol–water partition coefficient (Wildman–Crippen LogP) is 3.86. The SMILES string of the molecule is CC1(C)[C@H]2CC[C@@H](CNC(=O)c3cccc(C(=O)NC[C@@H]4CC[C@H]5C[C@@H]4C5(C)C)n3)[C@@H]1C2.O. The lowest BCUT2D eigenvalue weighted by atomic mass is 9.45. The summed E-state index contributed by atoms with van der Waals surface area (Å²) in [6.45, 7) is 10.9. The van der Waals surface area contributed by atoms with Gasteiger partial charge in [0.25, 0.3) is 11.8 Å². The maximum absolute atomic E-state index is 12.8. The Balaban J connectivity index is 0.00000259. The number of carbonyl (C=O) groups excluding carboxylic acids is 2. The van der Waals surface area contributed by atoms with Crippen molar-refractivity contribution in [3.8, 4) is 0 Å².